The molecule has 9 radical (unpaired) electrons. The van der Waals surface area contributed by atoms with Crippen molar-refractivity contribution in [3.63, 3.8) is 0 Å². The van der Waals surface area contributed by atoms with Gasteiger partial charge in [-0.1, -0.05) is 0 Å². The summed E-state index contributed by atoms with van der Waals surface area (Å²) in [5.41, 5.74) is 0. The Hall–Kier alpha value is 1.49. The zero-order chi connectivity index (χ0) is 0. The maximum absolute atomic E-state index is 0. The van der Waals surface area contributed by atoms with Gasteiger partial charge in [0.2, 0.25) is 0 Å². The van der Waals surface area contributed by atoms with E-state index in [0.29, 0.717) is 0 Å². The van der Waals surface area contributed by atoms with E-state index in [9.17, 15) is 0 Å². The first-order valence-electron chi connectivity index (χ1n) is 0. The summed E-state index contributed by atoms with van der Waals surface area (Å²) in [6, 6.07) is 0. The maximum atomic E-state index is 0. The quantitative estimate of drug-likeness (QED) is 0.465. The van der Waals surface area contributed by atoms with E-state index in [1.807, 2.05) is 0 Å². The van der Waals surface area contributed by atoms with Crippen molar-refractivity contribution in [2.45, 2.75) is 0 Å². The Morgan fingerprint density at radius 3 is 0.500 bits per heavy atom. The van der Waals surface area contributed by atoms with E-state index < -0.39 is 0 Å². The number of hydrogen-bond acceptors (Lipinski definition) is 0. The van der Waals surface area contributed by atoms with Gasteiger partial charge in [-0.25, -0.2) is 0 Å². The standard InChI is InChI=1S/Mn.2O.3S/q3*+2;3*-2. The third-order valence-electron chi connectivity index (χ3n) is 0. The number of rotatable bonds is 0. The van der Waals surface area contributed by atoms with Gasteiger partial charge in [-0.2, -0.15) is 0 Å². The first-order chi connectivity index (χ1) is 0. The Kier molecular flexibility index (Phi) is 2090. The molecule has 0 aliphatic rings. The van der Waals surface area contributed by atoms with Gasteiger partial charge in [-0.05, 0) is 0 Å². The van der Waals surface area contributed by atoms with Crippen molar-refractivity contribution in [1.82, 2.24) is 0 Å². The van der Waals surface area contributed by atoms with E-state index in [-0.39, 0.29) is 68.5 Å². The molecular weight excluding hydrogens is 183 g/mol. The van der Waals surface area contributed by atoms with Gasteiger partial charge >= 0.3 is 28.0 Å². The molecule has 0 saturated heterocycles. The predicted octanol–water partition coefficient (Wildman–Crippen LogP) is -0.247. The molecule has 2 nitrogen and oxygen atoms in total. The smallest absolute Gasteiger partial charge is 2.00 e. The van der Waals surface area contributed by atoms with Crippen LogP contribution in [0.1, 0.15) is 0 Å². The molecule has 0 bridgehead atoms. The molecule has 0 heterocycles. The molecule has 6 heavy (non-hydrogen) atoms. The van der Waals surface area contributed by atoms with E-state index in [1.54, 1.807) is 0 Å². The van der Waals surface area contributed by atoms with Gasteiger partial charge in [0.25, 0.3) is 0 Å². The molecule has 0 fully saturated rings. The van der Waals surface area contributed by atoms with Crippen LogP contribution in [0, 0.1) is 0 Å². The van der Waals surface area contributed by atoms with Crippen LogP contribution >= 0.6 is 0 Å². The van der Waals surface area contributed by atoms with Crippen molar-refractivity contribution in [2.24, 2.45) is 0 Å². The molecule has 0 aliphatic carbocycles. The van der Waals surface area contributed by atoms with Gasteiger partial charge in [-0.3, -0.25) is 0 Å². The van der Waals surface area contributed by atoms with Crippen molar-refractivity contribution < 1.29 is 28.0 Å². The molecule has 0 saturated carbocycles. The van der Waals surface area contributed by atoms with Crippen molar-refractivity contribution in [1.29, 1.82) is 0 Å². The molecule has 37 valence electrons. The van der Waals surface area contributed by atoms with Gasteiger partial charge in [0.05, 0.1) is 0 Å². The molecule has 0 unspecified atom stereocenters. The summed E-state index contributed by atoms with van der Waals surface area (Å²) >= 11 is 0. The molecule has 0 spiro atoms. The second kappa shape index (κ2) is 88.1. The van der Waals surface area contributed by atoms with Gasteiger partial charge < -0.3 is 40.5 Å². The molecule has 0 rings (SSSR count). The Labute approximate surface area is 68.5 Å². The van der Waals surface area contributed by atoms with E-state index in [4.69, 9.17) is 0 Å². The molecule has 0 atom stereocenters. The van der Waals surface area contributed by atoms with Crippen LogP contribution in [0.15, 0.2) is 0 Å². The predicted molar refractivity (Wildman–Crippen MR) is 23.5 cm³/mol. The van der Waals surface area contributed by atoms with Crippen LogP contribution < -0.4 is 0 Å². The van der Waals surface area contributed by atoms with Crippen molar-refractivity contribution in [2.75, 3.05) is 0 Å². The summed E-state index contributed by atoms with van der Waals surface area (Å²) < 4.78 is 0. The van der Waals surface area contributed by atoms with Gasteiger partial charge in [0.1, 0.15) is 0 Å². The number of hydrogen-bond donors (Lipinski definition) is 0. The summed E-state index contributed by atoms with van der Waals surface area (Å²) in [4.78, 5) is 0. The van der Waals surface area contributed by atoms with Crippen LogP contribution in [0.4, 0.5) is 0 Å². The third-order valence-corrected chi connectivity index (χ3v) is 0. The SMILES string of the molecule is [Mn+2].[O+2].[O+2].[S-2].[S-2].[S-2]. The molecule has 6 heteroatoms. The average molecular weight is 183 g/mol. The van der Waals surface area contributed by atoms with Crippen LogP contribution in [-0.4, -0.2) is 0 Å². The van der Waals surface area contributed by atoms with E-state index in [0.717, 1.165) is 0 Å². The molecule has 0 N–H and O–H groups in total. The summed E-state index contributed by atoms with van der Waals surface area (Å²) in [5, 5.41) is 0. The third kappa shape index (κ3) is 49.9. The Balaban J connectivity index is 0. The van der Waals surface area contributed by atoms with Crippen LogP contribution in [0.5, 0.6) is 0 Å². The monoisotopic (exact) mass is 183 g/mol. The van der Waals surface area contributed by atoms with Crippen LogP contribution in [-0.2, 0) is 68.5 Å². The zero-order valence-corrected chi connectivity index (χ0v) is 6.05. The van der Waals surface area contributed by atoms with Gasteiger partial charge in [0, 0.05) is 0 Å². The summed E-state index contributed by atoms with van der Waals surface area (Å²) in [7, 11) is 0. The Morgan fingerprint density at radius 1 is 0.500 bits per heavy atom. The minimum Gasteiger partial charge on any atom is -2.00 e. The van der Waals surface area contributed by atoms with E-state index in [1.165, 1.54) is 0 Å². The van der Waals surface area contributed by atoms with Crippen molar-refractivity contribution in [3.05, 3.63) is 0 Å². The first kappa shape index (κ1) is 142. The van der Waals surface area contributed by atoms with E-state index >= 15 is 0 Å². The minimum atomic E-state index is 0. The van der Waals surface area contributed by atoms with Crippen LogP contribution in [0.3, 0.4) is 0 Å². The van der Waals surface area contributed by atoms with Crippen molar-refractivity contribution in [3.8, 4) is 0 Å². The summed E-state index contributed by atoms with van der Waals surface area (Å²) in [6.45, 7) is 0. The molecule has 0 aromatic carbocycles. The largest absolute Gasteiger partial charge is 2.00 e. The molecule has 0 aliphatic heterocycles. The topological polar surface area (TPSA) is 57.0 Å². The summed E-state index contributed by atoms with van der Waals surface area (Å²) in [5.74, 6) is 0. The maximum Gasteiger partial charge on any atom is 2.00 e. The van der Waals surface area contributed by atoms with Gasteiger partial charge in [0.15, 0.2) is 0 Å². The fourth-order valence-corrected chi connectivity index (χ4v) is 0. The van der Waals surface area contributed by atoms with Crippen molar-refractivity contribution >= 4 is 40.5 Å². The Bertz CT molecular complexity index is 8.75. The molecule has 0 aromatic heterocycles. The molecular formula is MnO2S3. The second-order valence-corrected chi connectivity index (χ2v) is 0. The Morgan fingerprint density at radius 2 is 0.500 bits per heavy atom. The van der Waals surface area contributed by atoms with Gasteiger partial charge in [-0.15, -0.1) is 0 Å². The second-order valence-electron chi connectivity index (χ2n) is 0. The normalized spacial score (nSPS) is 0. The van der Waals surface area contributed by atoms with E-state index in [2.05, 4.69) is 0 Å². The fraction of sp³-hybridized carbons (Fsp3) is 0. The zero-order valence-electron chi connectivity index (χ0n) is 2.42. The molecule has 0 amide bonds. The summed E-state index contributed by atoms with van der Waals surface area (Å²) in [6.07, 6.45) is 0. The first-order valence-corrected chi connectivity index (χ1v) is 0. The molecule has 0 aromatic rings. The van der Waals surface area contributed by atoms with Crippen LogP contribution in [0.25, 0.3) is 0 Å². The van der Waals surface area contributed by atoms with Crippen LogP contribution in [0.2, 0.25) is 0 Å². The minimum absolute atomic E-state index is 0. The fourth-order valence-electron chi connectivity index (χ4n) is 0. The average Bonchev–Trinajstić information content (AvgIpc) is 0.